The van der Waals surface area contributed by atoms with Gasteiger partial charge in [-0.15, -0.1) is 0 Å². The van der Waals surface area contributed by atoms with Gasteiger partial charge in [0.1, 0.15) is 17.7 Å². The lowest BCUT2D eigenvalue weighted by atomic mass is 9.91. The summed E-state index contributed by atoms with van der Waals surface area (Å²) < 4.78 is 4.10. The molecule has 3 heterocycles. The molecule has 6 nitrogen and oxygen atoms in total. The van der Waals surface area contributed by atoms with Gasteiger partial charge in [0.05, 0.1) is 18.9 Å². The fourth-order valence-electron chi connectivity index (χ4n) is 3.24. The molecule has 0 N–H and O–H groups in total. The zero-order valence-electron chi connectivity index (χ0n) is 16.9. The summed E-state index contributed by atoms with van der Waals surface area (Å²) in [6, 6.07) is 1.91. The third-order valence-corrected chi connectivity index (χ3v) is 4.70. The molecule has 6 heteroatoms. The van der Waals surface area contributed by atoms with E-state index in [0.717, 1.165) is 40.0 Å². The summed E-state index contributed by atoms with van der Waals surface area (Å²) in [4.78, 5) is 18.9. The van der Waals surface area contributed by atoms with Crippen LogP contribution in [0.25, 0.3) is 23.0 Å². The van der Waals surface area contributed by atoms with Crippen LogP contribution in [-0.2, 0) is 19.5 Å². The maximum Gasteiger partial charge on any atom is 0.348 e. The lowest BCUT2D eigenvalue weighted by Crippen LogP contribution is -2.32. The molecule has 0 aliphatic heterocycles. The van der Waals surface area contributed by atoms with Gasteiger partial charge < -0.3 is 4.57 Å². The summed E-state index contributed by atoms with van der Waals surface area (Å²) in [5.74, 6) is 2.40. The monoisotopic (exact) mass is 351 g/mol. The van der Waals surface area contributed by atoms with E-state index in [-0.39, 0.29) is 5.41 Å². The number of aromatic nitrogens is 6. The van der Waals surface area contributed by atoms with E-state index in [2.05, 4.69) is 42.2 Å². The van der Waals surface area contributed by atoms with Crippen LogP contribution in [0.1, 0.15) is 43.5 Å². The number of nitrogens with zero attached hydrogens (tertiary/aromatic N) is 6. The second-order valence-corrected chi connectivity index (χ2v) is 7.83. The van der Waals surface area contributed by atoms with Gasteiger partial charge in [-0.3, -0.25) is 0 Å². The van der Waals surface area contributed by atoms with Gasteiger partial charge in [0.2, 0.25) is 0 Å². The van der Waals surface area contributed by atoms with Gasteiger partial charge in [0.15, 0.2) is 11.5 Å². The molecule has 0 saturated carbocycles. The Labute approximate surface area is 155 Å². The van der Waals surface area contributed by atoms with Gasteiger partial charge in [-0.1, -0.05) is 20.8 Å². The third-order valence-electron chi connectivity index (χ3n) is 4.70. The van der Waals surface area contributed by atoms with Crippen LogP contribution >= 0.6 is 0 Å². The molecule has 0 aliphatic rings. The molecule has 0 amide bonds. The molecule has 0 unspecified atom stereocenters. The van der Waals surface area contributed by atoms with Gasteiger partial charge in [0, 0.05) is 29.8 Å². The fraction of sp³-hybridized carbons (Fsp3) is 0.450. The molecule has 0 fully saturated rings. The van der Waals surface area contributed by atoms with E-state index >= 15 is 0 Å². The molecule has 0 bridgehead atoms. The van der Waals surface area contributed by atoms with Crippen molar-refractivity contribution in [1.82, 2.24) is 24.5 Å². The summed E-state index contributed by atoms with van der Waals surface area (Å²) in [5.41, 5.74) is 4.92. The van der Waals surface area contributed by atoms with Gasteiger partial charge >= 0.3 is 5.82 Å². The Kier molecular flexibility index (Phi) is 4.38. The van der Waals surface area contributed by atoms with Gasteiger partial charge in [-0.2, -0.15) is 0 Å². The minimum absolute atomic E-state index is 0.0215. The van der Waals surface area contributed by atoms with Crippen molar-refractivity contribution in [3.63, 3.8) is 0 Å². The smallest absolute Gasteiger partial charge is 0.330 e. The molecule has 3 rings (SSSR count). The first kappa shape index (κ1) is 18.2. The van der Waals surface area contributed by atoms with Crippen LogP contribution in [0, 0.1) is 20.8 Å². The highest BCUT2D eigenvalue weighted by atomic mass is 15.1. The van der Waals surface area contributed by atoms with Gasteiger partial charge in [-0.05, 0) is 25.8 Å². The van der Waals surface area contributed by atoms with Crippen molar-refractivity contribution >= 4 is 0 Å². The highest BCUT2D eigenvalue weighted by molar-refractivity contribution is 5.66. The summed E-state index contributed by atoms with van der Waals surface area (Å²) in [5, 5.41) is 0. The lowest BCUT2D eigenvalue weighted by Gasteiger charge is -2.16. The molecule has 3 aromatic rings. The van der Waals surface area contributed by atoms with E-state index in [1.807, 2.05) is 44.8 Å². The maximum atomic E-state index is 4.96. The molecule has 0 spiro atoms. The first-order valence-electron chi connectivity index (χ1n) is 8.81. The largest absolute Gasteiger partial charge is 0.348 e. The number of rotatable bonds is 2. The topological polar surface area (TPSA) is 60.4 Å². The fourth-order valence-corrected chi connectivity index (χ4v) is 3.24. The summed E-state index contributed by atoms with van der Waals surface area (Å²) >= 11 is 0. The maximum absolute atomic E-state index is 4.96. The van der Waals surface area contributed by atoms with Crippen LogP contribution in [0.4, 0.5) is 0 Å². The lowest BCUT2D eigenvalue weighted by molar-refractivity contribution is -0.663. The molecule has 0 aliphatic carbocycles. The Morgan fingerprint density at radius 3 is 2.23 bits per heavy atom. The van der Waals surface area contributed by atoms with E-state index in [1.165, 1.54) is 0 Å². The van der Waals surface area contributed by atoms with Crippen LogP contribution in [0.3, 0.4) is 0 Å². The van der Waals surface area contributed by atoms with Crippen molar-refractivity contribution in [3.05, 3.63) is 41.2 Å². The highest BCUT2D eigenvalue weighted by Crippen LogP contribution is 2.31. The Morgan fingerprint density at radius 1 is 1.00 bits per heavy atom. The zero-order chi connectivity index (χ0) is 19.2. The Balaban J connectivity index is 2.27. The van der Waals surface area contributed by atoms with Crippen LogP contribution in [0.5, 0.6) is 0 Å². The average Bonchev–Trinajstić information content (AvgIpc) is 2.86. The zero-order valence-corrected chi connectivity index (χ0v) is 16.9. The van der Waals surface area contributed by atoms with Gasteiger partial charge in [0.25, 0.3) is 0 Å². The van der Waals surface area contributed by atoms with E-state index in [9.17, 15) is 0 Å². The van der Waals surface area contributed by atoms with Crippen molar-refractivity contribution in [2.45, 2.75) is 47.0 Å². The third kappa shape index (κ3) is 3.00. The predicted molar refractivity (Wildman–Crippen MR) is 102 cm³/mol. The Bertz CT molecular complexity index is 979. The van der Waals surface area contributed by atoms with Crippen LogP contribution in [0.15, 0.2) is 18.5 Å². The van der Waals surface area contributed by atoms with Crippen molar-refractivity contribution in [3.8, 4) is 23.0 Å². The Morgan fingerprint density at radius 2 is 1.65 bits per heavy atom. The number of imidazole rings is 1. The molecular formula is C20H27N6+. The van der Waals surface area contributed by atoms with Crippen molar-refractivity contribution in [2.75, 3.05) is 0 Å². The van der Waals surface area contributed by atoms with Crippen molar-refractivity contribution in [2.24, 2.45) is 14.1 Å². The normalized spacial score (nSPS) is 11.8. The quantitative estimate of drug-likeness (QED) is 0.666. The van der Waals surface area contributed by atoms with E-state index in [4.69, 9.17) is 9.97 Å². The predicted octanol–water partition coefficient (Wildman–Crippen LogP) is 2.99. The van der Waals surface area contributed by atoms with Crippen LogP contribution in [0.2, 0.25) is 0 Å². The second-order valence-electron chi connectivity index (χ2n) is 7.83. The first-order valence-corrected chi connectivity index (χ1v) is 8.81. The summed E-state index contributed by atoms with van der Waals surface area (Å²) in [6.45, 7) is 12.6. The number of hydrogen-bond acceptors (Lipinski definition) is 4. The van der Waals surface area contributed by atoms with Crippen LogP contribution < -0.4 is 4.57 Å². The minimum atomic E-state index is -0.0215. The molecule has 0 aromatic carbocycles. The van der Waals surface area contributed by atoms with E-state index < -0.39 is 0 Å². The summed E-state index contributed by atoms with van der Waals surface area (Å²) in [7, 11) is 4.02. The standard InChI is InChI=1S/C20H27N6/c1-12-15(18-21-10-9-11-25(18)7)22-14(3)23-16(12)19-24-17(20(4,5)6)13(2)26(19)8/h9-11H,1-8H3/q+1. The van der Waals surface area contributed by atoms with E-state index in [0.29, 0.717) is 5.82 Å². The SMILES string of the molecule is Cc1nc(-c2nc(C(C)(C)C)c(C)n2C)c(C)c(-c2nccc[n+]2C)n1. The average molecular weight is 351 g/mol. The van der Waals surface area contributed by atoms with Crippen LogP contribution in [-0.4, -0.2) is 24.5 Å². The molecule has 0 saturated heterocycles. The van der Waals surface area contributed by atoms with Crippen molar-refractivity contribution < 1.29 is 4.57 Å². The number of aryl methyl sites for hydroxylation is 2. The Hall–Kier alpha value is -2.63. The minimum Gasteiger partial charge on any atom is -0.330 e. The second kappa shape index (κ2) is 6.27. The molecule has 136 valence electrons. The number of hydrogen-bond donors (Lipinski definition) is 0. The summed E-state index contributed by atoms with van der Waals surface area (Å²) in [6.07, 6.45) is 3.76. The molecule has 3 aromatic heterocycles. The van der Waals surface area contributed by atoms with Gasteiger partial charge in [-0.25, -0.2) is 19.5 Å². The molecular weight excluding hydrogens is 324 g/mol. The molecule has 26 heavy (non-hydrogen) atoms. The highest BCUT2D eigenvalue weighted by Gasteiger charge is 2.27. The van der Waals surface area contributed by atoms with E-state index in [1.54, 1.807) is 6.20 Å². The first-order chi connectivity index (χ1) is 12.1. The van der Waals surface area contributed by atoms with Crippen molar-refractivity contribution in [1.29, 1.82) is 0 Å². The molecule has 0 atom stereocenters. The molecule has 0 radical (unpaired) electrons.